The van der Waals surface area contributed by atoms with Crippen molar-refractivity contribution in [3.05, 3.63) is 88.2 Å². The lowest BCUT2D eigenvalue weighted by Crippen LogP contribution is -2.18. The molecule has 0 saturated heterocycles. The van der Waals surface area contributed by atoms with E-state index in [0.29, 0.717) is 11.1 Å². The summed E-state index contributed by atoms with van der Waals surface area (Å²) in [6.45, 7) is 10.3. The largest absolute Gasteiger partial charge is 0.465 e. The summed E-state index contributed by atoms with van der Waals surface area (Å²) < 4.78 is 6.85. The highest BCUT2D eigenvalue weighted by Gasteiger charge is 2.15. The molecule has 0 unspecified atom stereocenters. The lowest BCUT2D eigenvalue weighted by atomic mass is 9.87. The first-order chi connectivity index (χ1) is 15.1. The molecule has 2 aromatic carbocycles. The van der Waals surface area contributed by atoms with Crippen molar-refractivity contribution in [1.29, 1.82) is 0 Å². The molecule has 0 aliphatic rings. The van der Waals surface area contributed by atoms with E-state index in [-0.39, 0.29) is 17.3 Å². The molecule has 1 aromatic heterocycles. The number of hydrogen-bond acceptors (Lipinski definition) is 4. The molecule has 0 atom stereocenters. The number of aryl methyl sites for hydroxylation is 1. The Balaban J connectivity index is 1.76. The number of hydrogen-bond donors (Lipinski definition) is 1. The van der Waals surface area contributed by atoms with Gasteiger partial charge in [0, 0.05) is 28.2 Å². The van der Waals surface area contributed by atoms with Gasteiger partial charge in [0.2, 0.25) is 0 Å². The van der Waals surface area contributed by atoms with E-state index in [9.17, 15) is 9.59 Å². The molecule has 6 heteroatoms. The number of benzene rings is 2. The molecule has 6 nitrogen and oxygen atoms in total. The van der Waals surface area contributed by atoms with E-state index in [1.54, 1.807) is 18.3 Å². The minimum absolute atomic E-state index is 0.0338. The van der Waals surface area contributed by atoms with Crippen molar-refractivity contribution in [3.8, 4) is 5.69 Å². The number of rotatable bonds is 5. The monoisotopic (exact) mass is 431 g/mol. The molecule has 0 saturated carbocycles. The third kappa shape index (κ3) is 4.97. The molecule has 1 N–H and O–H groups in total. The molecule has 1 heterocycles. The molecule has 32 heavy (non-hydrogen) atoms. The van der Waals surface area contributed by atoms with Gasteiger partial charge in [-0.2, -0.15) is 5.10 Å². The van der Waals surface area contributed by atoms with Crippen molar-refractivity contribution in [2.45, 2.75) is 40.0 Å². The Morgan fingerprint density at radius 3 is 2.31 bits per heavy atom. The van der Waals surface area contributed by atoms with E-state index in [1.165, 1.54) is 12.7 Å². The van der Waals surface area contributed by atoms with Gasteiger partial charge in [0.15, 0.2) is 0 Å². The summed E-state index contributed by atoms with van der Waals surface area (Å²) in [6.07, 6.45) is 1.63. The number of ether oxygens (including phenoxy) is 1. The first-order valence-corrected chi connectivity index (χ1v) is 10.4. The normalized spacial score (nSPS) is 11.6. The Kier molecular flexibility index (Phi) is 6.63. The highest BCUT2D eigenvalue weighted by atomic mass is 16.5. The van der Waals surface area contributed by atoms with Crippen LogP contribution in [0.1, 0.15) is 64.0 Å². The van der Waals surface area contributed by atoms with Gasteiger partial charge in [0.1, 0.15) is 0 Å². The van der Waals surface area contributed by atoms with Crippen LogP contribution in [0.15, 0.2) is 59.7 Å². The minimum Gasteiger partial charge on any atom is -0.465 e. The molecule has 1 amide bonds. The second-order valence-corrected chi connectivity index (χ2v) is 8.73. The number of amides is 1. The molecule has 0 bridgehead atoms. The van der Waals surface area contributed by atoms with E-state index in [1.807, 2.05) is 60.9 Å². The van der Waals surface area contributed by atoms with E-state index >= 15 is 0 Å². The maximum absolute atomic E-state index is 12.4. The second kappa shape index (κ2) is 9.22. The zero-order valence-electron chi connectivity index (χ0n) is 19.4. The van der Waals surface area contributed by atoms with Crippen LogP contribution in [0.4, 0.5) is 0 Å². The quantitative estimate of drug-likeness (QED) is 0.353. The third-order valence-electron chi connectivity index (χ3n) is 5.38. The molecular formula is C26H29N3O3. The van der Waals surface area contributed by atoms with Crippen molar-refractivity contribution in [2.24, 2.45) is 5.10 Å². The van der Waals surface area contributed by atoms with Crippen LogP contribution in [0, 0.1) is 13.8 Å². The number of methoxy groups -OCH3 is 1. The summed E-state index contributed by atoms with van der Waals surface area (Å²) in [5.74, 6) is -0.643. The second-order valence-electron chi connectivity index (χ2n) is 8.73. The zero-order valence-corrected chi connectivity index (χ0v) is 19.4. The van der Waals surface area contributed by atoms with Crippen molar-refractivity contribution in [2.75, 3.05) is 7.11 Å². The fraction of sp³-hybridized carbons (Fsp3) is 0.269. The molecular weight excluding hydrogens is 402 g/mol. The summed E-state index contributed by atoms with van der Waals surface area (Å²) in [6, 6.07) is 16.8. The summed E-state index contributed by atoms with van der Waals surface area (Å²) in [5, 5.41) is 4.15. The summed E-state index contributed by atoms with van der Waals surface area (Å²) in [7, 11) is 1.36. The predicted molar refractivity (Wildman–Crippen MR) is 127 cm³/mol. The van der Waals surface area contributed by atoms with Crippen LogP contribution >= 0.6 is 0 Å². The van der Waals surface area contributed by atoms with Crippen LogP contribution in [-0.4, -0.2) is 29.8 Å². The fourth-order valence-corrected chi connectivity index (χ4v) is 3.55. The first-order valence-electron chi connectivity index (χ1n) is 10.4. The summed E-state index contributed by atoms with van der Waals surface area (Å²) in [4.78, 5) is 24.3. The van der Waals surface area contributed by atoms with E-state index in [2.05, 4.69) is 31.3 Å². The predicted octanol–water partition coefficient (Wildman–Crippen LogP) is 4.94. The lowest BCUT2D eigenvalue weighted by Gasteiger charge is -2.18. The molecule has 0 fully saturated rings. The van der Waals surface area contributed by atoms with Crippen molar-refractivity contribution in [3.63, 3.8) is 0 Å². The fourth-order valence-electron chi connectivity index (χ4n) is 3.55. The molecule has 0 radical (unpaired) electrons. The third-order valence-corrected chi connectivity index (χ3v) is 5.38. The molecule has 3 rings (SSSR count). The molecule has 0 spiro atoms. The average molecular weight is 432 g/mol. The number of carbonyl (C=O) groups excluding carboxylic acids is 2. The van der Waals surface area contributed by atoms with Gasteiger partial charge in [-0.1, -0.05) is 39.0 Å². The summed E-state index contributed by atoms with van der Waals surface area (Å²) >= 11 is 0. The van der Waals surface area contributed by atoms with Gasteiger partial charge < -0.3 is 9.30 Å². The van der Waals surface area contributed by atoms with Gasteiger partial charge in [-0.15, -0.1) is 0 Å². The zero-order chi connectivity index (χ0) is 23.5. The van der Waals surface area contributed by atoms with Crippen LogP contribution < -0.4 is 5.43 Å². The Bertz CT molecular complexity index is 1170. The van der Waals surface area contributed by atoms with Gasteiger partial charge in [-0.05, 0) is 61.2 Å². The lowest BCUT2D eigenvalue weighted by molar-refractivity contribution is 0.0600. The van der Waals surface area contributed by atoms with Gasteiger partial charge in [0.05, 0.1) is 18.9 Å². The Labute approximate surface area is 188 Å². The van der Waals surface area contributed by atoms with Crippen molar-refractivity contribution < 1.29 is 14.3 Å². The molecule has 0 aliphatic heterocycles. The van der Waals surface area contributed by atoms with Crippen LogP contribution in [0.25, 0.3) is 5.69 Å². The van der Waals surface area contributed by atoms with Gasteiger partial charge >= 0.3 is 5.97 Å². The number of nitrogens with zero attached hydrogens (tertiary/aromatic N) is 2. The number of nitrogens with one attached hydrogen (secondary N) is 1. The molecule has 0 aliphatic carbocycles. The first kappa shape index (κ1) is 23.0. The highest BCUT2D eigenvalue weighted by molar-refractivity contribution is 5.95. The topological polar surface area (TPSA) is 72.7 Å². The van der Waals surface area contributed by atoms with E-state index in [4.69, 9.17) is 4.74 Å². The molecule has 166 valence electrons. The van der Waals surface area contributed by atoms with Crippen LogP contribution in [0.2, 0.25) is 0 Å². The van der Waals surface area contributed by atoms with Crippen molar-refractivity contribution in [1.82, 2.24) is 9.99 Å². The van der Waals surface area contributed by atoms with Crippen molar-refractivity contribution >= 4 is 18.1 Å². The average Bonchev–Trinajstić information content (AvgIpc) is 3.05. The number of hydrazone groups is 1. The van der Waals surface area contributed by atoms with E-state index in [0.717, 1.165) is 22.6 Å². The van der Waals surface area contributed by atoms with Gasteiger partial charge in [0.25, 0.3) is 5.91 Å². The maximum atomic E-state index is 12.4. The summed E-state index contributed by atoms with van der Waals surface area (Å²) in [5.41, 5.74) is 8.48. The Morgan fingerprint density at radius 1 is 1.00 bits per heavy atom. The highest BCUT2D eigenvalue weighted by Crippen LogP contribution is 2.23. The Morgan fingerprint density at radius 2 is 1.69 bits per heavy atom. The SMILES string of the molecule is COC(=O)c1cccc(-n2c(C)cc(/C=N\NC(=O)c3ccc(C(C)(C)C)cc3)c2C)c1. The maximum Gasteiger partial charge on any atom is 0.337 e. The van der Waals surface area contributed by atoms with Crippen LogP contribution in [0.3, 0.4) is 0 Å². The number of carbonyl (C=O) groups is 2. The Hall–Kier alpha value is -3.67. The number of aromatic nitrogens is 1. The minimum atomic E-state index is -0.380. The standard InChI is InChI=1S/C26H29N3O3/c1-17-14-21(18(2)29(17)23-9-7-8-20(15-23)25(31)32-6)16-27-28-24(30)19-10-12-22(13-11-19)26(3,4)5/h7-16H,1-6H3,(H,28,30)/b27-16-. The van der Waals surface area contributed by atoms with Crippen LogP contribution in [-0.2, 0) is 10.2 Å². The van der Waals surface area contributed by atoms with E-state index < -0.39 is 0 Å². The van der Waals surface area contributed by atoms with Gasteiger partial charge in [-0.3, -0.25) is 4.79 Å². The number of esters is 1. The molecule has 3 aromatic rings. The smallest absolute Gasteiger partial charge is 0.337 e. The van der Waals surface area contributed by atoms with Crippen LogP contribution in [0.5, 0.6) is 0 Å². The van der Waals surface area contributed by atoms with Gasteiger partial charge in [-0.25, -0.2) is 10.2 Å².